The second-order valence-corrected chi connectivity index (χ2v) is 14.2. The van der Waals surface area contributed by atoms with Gasteiger partial charge in [0.25, 0.3) is 5.91 Å². The predicted molar refractivity (Wildman–Crippen MR) is 199 cm³/mol. The van der Waals surface area contributed by atoms with Crippen LogP contribution < -0.4 is 15.5 Å². The van der Waals surface area contributed by atoms with E-state index in [1.165, 1.54) is 22.8 Å². The Bertz CT molecular complexity index is 1890. The van der Waals surface area contributed by atoms with E-state index >= 15 is 0 Å². The molecule has 4 amide bonds. The Labute approximate surface area is 316 Å². The maximum atomic E-state index is 14.4. The SMILES string of the molecule is CC(=O)NCCC1(C(=O)N/C(=C\c2ccc(N3C(=O)C(Cc4ccc(Cl)cc4)N(C(=O)CCC(=O)O)C3c3ccc(Cl)cc3)cc2)C(=O)O)CCCC1. The van der Waals surface area contributed by atoms with E-state index in [9.17, 15) is 39.0 Å². The van der Waals surface area contributed by atoms with E-state index in [1.807, 2.05) is 0 Å². The van der Waals surface area contributed by atoms with E-state index in [-0.39, 0.29) is 24.4 Å². The zero-order valence-electron chi connectivity index (χ0n) is 29.0. The summed E-state index contributed by atoms with van der Waals surface area (Å²) in [6.45, 7) is 1.69. The number of nitrogens with one attached hydrogen (secondary N) is 2. The molecule has 2 aliphatic rings. The fourth-order valence-electron chi connectivity index (χ4n) is 7.01. The molecule has 5 rings (SSSR count). The van der Waals surface area contributed by atoms with Crippen LogP contribution in [0.1, 0.15) is 74.7 Å². The van der Waals surface area contributed by atoms with Gasteiger partial charge in [0.1, 0.15) is 17.9 Å². The lowest BCUT2D eigenvalue weighted by Crippen LogP contribution is -2.42. The molecule has 0 radical (unpaired) electrons. The number of carbonyl (C=O) groups is 6. The summed E-state index contributed by atoms with van der Waals surface area (Å²) in [5, 5.41) is 25.7. The molecule has 53 heavy (non-hydrogen) atoms. The number of amides is 4. The molecule has 0 aromatic heterocycles. The van der Waals surface area contributed by atoms with Crippen LogP contribution in [0.25, 0.3) is 6.08 Å². The molecule has 4 N–H and O–H groups in total. The number of benzene rings is 3. The first-order chi connectivity index (χ1) is 25.3. The van der Waals surface area contributed by atoms with E-state index in [2.05, 4.69) is 10.6 Å². The molecule has 0 bridgehead atoms. The minimum absolute atomic E-state index is 0.129. The van der Waals surface area contributed by atoms with Gasteiger partial charge in [-0.3, -0.25) is 28.9 Å². The molecule has 278 valence electrons. The molecule has 1 heterocycles. The molecule has 1 aliphatic carbocycles. The normalized spacial score (nSPS) is 18.2. The highest BCUT2D eigenvalue weighted by Gasteiger charge is 2.49. The van der Waals surface area contributed by atoms with Crippen molar-refractivity contribution in [2.45, 2.75) is 70.5 Å². The van der Waals surface area contributed by atoms with Crippen LogP contribution in [0.2, 0.25) is 10.0 Å². The molecule has 3 aromatic rings. The number of halogens is 2. The van der Waals surface area contributed by atoms with Crippen molar-refractivity contribution in [1.29, 1.82) is 0 Å². The Balaban J connectivity index is 1.48. The van der Waals surface area contributed by atoms with Crippen LogP contribution in [-0.4, -0.2) is 63.3 Å². The monoisotopic (exact) mass is 762 g/mol. The summed E-state index contributed by atoms with van der Waals surface area (Å²) in [6, 6.07) is 19.0. The first-order valence-electron chi connectivity index (χ1n) is 17.2. The summed E-state index contributed by atoms with van der Waals surface area (Å²) in [5.41, 5.74) is 0.979. The first-order valence-corrected chi connectivity index (χ1v) is 18.0. The van der Waals surface area contributed by atoms with Crippen molar-refractivity contribution in [1.82, 2.24) is 15.5 Å². The maximum Gasteiger partial charge on any atom is 0.352 e. The summed E-state index contributed by atoms with van der Waals surface area (Å²) in [6.07, 6.45) is 2.90. The fraction of sp³-hybridized carbons (Fsp3) is 0.333. The third-order valence-electron chi connectivity index (χ3n) is 9.70. The van der Waals surface area contributed by atoms with Crippen LogP contribution in [0.3, 0.4) is 0 Å². The number of nitrogens with zero attached hydrogens (tertiary/aromatic N) is 2. The molecule has 2 unspecified atom stereocenters. The molecular weight excluding hydrogens is 723 g/mol. The highest BCUT2D eigenvalue weighted by molar-refractivity contribution is 6.30. The molecule has 1 aliphatic heterocycles. The van der Waals surface area contributed by atoms with Gasteiger partial charge in [0.2, 0.25) is 17.7 Å². The van der Waals surface area contributed by atoms with Crippen LogP contribution in [0.5, 0.6) is 0 Å². The van der Waals surface area contributed by atoms with Crippen molar-refractivity contribution in [2.24, 2.45) is 5.41 Å². The van der Waals surface area contributed by atoms with Crippen molar-refractivity contribution in [2.75, 3.05) is 11.4 Å². The van der Waals surface area contributed by atoms with Crippen LogP contribution in [0.15, 0.2) is 78.5 Å². The largest absolute Gasteiger partial charge is 0.481 e. The van der Waals surface area contributed by atoms with E-state index in [4.69, 9.17) is 23.2 Å². The molecule has 12 nitrogen and oxygen atoms in total. The van der Waals surface area contributed by atoms with Crippen LogP contribution >= 0.6 is 23.2 Å². The quantitative estimate of drug-likeness (QED) is 0.145. The summed E-state index contributed by atoms with van der Waals surface area (Å²) < 4.78 is 0. The average Bonchev–Trinajstić information content (AvgIpc) is 3.71. The van der Waals surface area contributed by atoms with Gasteiger partial charge in [-0.1, -0.05) is 72.4 Å². The second kappa shape index (κ2) is 17.1. The highest BCUT2D eigenvalue weighted by Crippen LogP contribution is 2.42. The van der Waals surface area contributed by atoms with Gasteiger partial charge >= 0.3 is 11.9 Å². The lowest BCUT2D eigenvalue weighted by Gasteiger charge is -2.32. The van der Waals surface area contributed by atoms with Crippen molar-refractivity contribution in [3.63, 3.8) is 0 Å². The number of rotatable bonds is 14. The van der Waals surface area contributed by atoms with Crippen molar-refractivity contribution >= 4 is 70.5 Å². The van der Waals surface area contributed by atoms with E-state index in [1.54, 1.807) is 72.8 Å². The predicted octanol–water partition coefficient (Wildman–Crippen LogP) is 5.97. The van der Waals surface area contributed by atoms with E-state index < -0.39 is 53.7 Å². The molecule has 1 saturated heterocycles. The Morgan fingerprint density at radius 3 is 2.04 bits per heavy atom. The number of hydrogen-bond acceptors (Lipinski definition) is 6. The molecule has 2 atom stereocenters. The zero-order valence-corrected chi connectivity index (χ0v) is 30.5. The third-order valence-corrected chi connectivity index (χ3v) is 10.2. The summed E-state index contributed by atoms with van der Waals surface area (Å²) in [5.74, 6) is -4.05. The minimum Gasteiger partial charge on any atom is -0.481 e. The van der Waals surface area contributed by atoms with Gasteiger partial charge < -0.3 is 25.7 Å². The summed E-state index contributed by atoms with van der Waals surface area (Å²) in [4.78, 5) is 79.8. The highest BCUT2D eigenvalue weighted by atomic mass is 35.5. The summed E-state index contributed by atoms with van der Waals surface area (Å²) in [7, 11) is 0. The van der Waals surface area contributed by atoms with Gasteiger partial charge in [0.15, 0.2) is 0 Å². The van der Waals surface area contributed by atoms with Crippen molar-refractivity contribution in [3.8, 4) is 0 Å². The van der Waals surface area contributed by atoms with Crippen molar-refractivity contribution in [3.05, 3.63) is 105 Å². The number of carbonyl (C=O) groups excluding carboxylic acids is 4. The number of aliphatic carboxylic acids is 2. The maximum absolute atomic E-state index is 14.4. The average molecular weight is 764 g/mol. The summed E-state index contributed by atoms with van der Waals surface area (Å²) >= 11 is 12.3. The molecule has 0 spiro atoms. The van der Waals surface area contributed by atoms with Crippen LogP contribution in [0, 0.1) is 5.41 Å². The van der Waals surface area contributed by atoms with Crippen molar-refractivity contribution < 1.29 is 39.0 Å². The minimum atomic E-state index is -1.34. The lowest BCUT2D eigenvalue weighted by molar-refractivity contribution is -0.142. The van der Waals surface area contributed by atoms with Gasteiger partial charge in [-0.2, -0.15) is 0 Å². The molecule has 3 aromatic carbocycles. The number of carboxylic acid groups (broad SMARTS) is 2. The lowest BCUT2D eigenvalue weighted by atomic mass is 9.81. The van der Waals surface area contributed by atoms with Crippen LogP contribution in [-0.2, 0) is 35.2 Å². The molecular formula is C39H40Cl2N4O8. The Morgan fingerprint density at radius 1 is 0.868 bits per heavy atom. The molecule has 2 fully saturated rings. The third kappa shape index (κ3) is 9.43. The topological polar surface area (TPSA) is 173 Å². The van der Waals surface area contributed by atoms with Gasteiger partial charge in [0.05, 0.1) is 11.8 Å². The Hall–Kier alpha value is -5.20. The number of anilines is 1. The van der Waals surface area contributed by atoms with Crippen LogP contribution in [0.4, 0.5) is 5.69 Å². The van der Waals surface area contributed by atoms with Gasteiger partial charge in [-0.25, -0.2) is 4.79 Å². The first kappa shape index (κ1) is 39.0. The fourth-order valence-corrected chi connectivity index (χ4v) is 7.27. The molecule has 14 heteroatoms. The van der Waals surface area contributed by atoms with E-state index in [0.29, 0.717) is 52.7 Å². The Morgan fingerprint density at radius 2 is 1.47 bits per heavy atom. The van der Waals surface area contributed by atoms with E-state index in [0.717, 1.165) is 18.4 Å². The standard InChI is InChI=1S/C39H40Cl2N4O8/c1-24(46)42-21-20-39(18-2-3-19-39)38(53)43-31(37(51)52)22-25-6-14-30(15-7-25)44-35(27-8-12-29(41)13-9-27)45(33(47)16-17-34(48)49)32(36(44)50)23-26-4-10-28(40)11-5-26/h4-15,22,32,35H,2-3,16-21,23H2,1H3,(H,42,46)(H,43,53)(H,48,49)(H,51,52)/b31-22-. The zero-order chi connectivity index (χ0) is 38.3. The van der Waals surface area contributed by atoms with Gasteiger partial charge in [-0.15, -0.1) is 0 Å². The molecule has 1 saturated carbocycles. The second-order valence-electron chi connectivity index (χ2n) is 13.3. The van der Waals surface area contributed by atoms with Gasteiger partial charge in [0, 0.05) is 42.0 Å². The smallest absolute Gasteiger partial charge is 0.352 e. The number of hydrogen-bond donors (Lipinski definition) is 4. The Kier molecular flexibility index (Phi) is 12.6. The van der Waals surface area contributed by atoms with Gasteiger partial charge in [-0.05, 0) is 78.4 Å². The number of carboxylic acids is 2.